The number of carbonyl (C=O) groups excluding carboxylic acids is 2. The highest BCUT2D eigenvalue weighted by Crippen LogP contribution is 2.49. The van der Waals surface area contributed by atoms with Gasteiger partial charge in [-0.3, -0.25) is 9.59 Å². The normalized spacial score (nSPS) is 18.7. The van der Waals surface area contributed by atoms with Crippen LogP contribution in [-0.4, -0.2) is 103 Å². The van der Waals surface area contributed by atoms with Gasteiger partial charge in [0.25, 0.3) is 11.8 Å². The van der Waals surface area contributed by atoms with Crippen molar-refractivity contribution >= 4 is 45.5 Å². The third-order valence-electron chi connectivity index (χ3n) is 11.9. The van der Waals surface area contributed by atoms with Gasteiger partial charge in [-0.2, -0.15) is 0 Å². The van der Waals surface area contributed by atoms with E-state index in [0.29, 0.717) is 6.54 Å². The summed E-state index contributed by atoms with van der Waals surface area (Å²) in [5.74, 6) is 2.26. The van der Waals surface area contributed by atoms with E-state index in [1.807, 2.05) is 91.8 Å². The van der Waals surface area contributed by atoms with Crippen LogP contribution in [0.4, 0.5) is 11.6 Å². The zero-order valence-corrected chi connectivity index (χ0v) is 31.0. The van der Waals surface area contributed by atoms with E-state index in [4.69, 9.17) is 0 Å². The molecule has 4 aliphatic rings. The zero-order chi connectivity index (χ0) is 36.9. The number of nitrogens with zero attached hydrogens (tertiary/aromatic N) is 8. The Bertz CT molecular complexity index is 2270. The number of nitrogens with one attached hydrogen (secondary N) is 2. The molecule has 0 bridgehead atoms. The van der Waals surface area contributed by atoms with Gasteiger partial charge in [0.1, 0.15) is 35.6 Å². The van der Waals surface area contributed by atoms with Crippen LogP contribution < -0.4 is 9.80 Å². The standard InChI is InChI=1S/2C21H23N5O/c1-15-5-2-3-6-16(15)20(27)26-12-4-11-25(13-21(26)8-9-21)19-17-7-10-22-18(17)23-14-24-19;1-15-4-2-3-5-16(15)20(27)26-11-10-25(12-21(13-26)7-8-21)19-17-6-9-22-18(17)23-14-24-19/h2-3,5-7,10,14H,4,8-9,11-13H2,1H3,(H,22,23,24);2-6,9,14H,7-8,10-13H2,1H3,(H,22,23,24). The fraction of sp³-hybridized carbons (Fsp3) is 0.381. The Hall–Kier alpha value is -5.78. The molecule has 276 valence electrons. The molecule has 0 atom stereocenters. The summed E-state index contributed by atoms with van der Waals surface area (Å²) in [5.41, 5.74) is 5.58. The zero-order valence-electron chi connectivity index (χ0n) is 31.0. The number of benzene rings is 2. The summed E-state index contributed by atoms with van der Waals surface area (Å²) < 4.78 is 0. The Morgan fingerprint density at radius 2 is 1.19 bits per heavy atom. The summed E-state index contributed by atoms with van der Waals surface area (Å²) >= 11 is 0. The first-order valence-electron chi connectivity index (χ1n) is 19.1. The second-order valence-corrected chi connectivity index (χ2v) is 15.6. The number of aromatic amines is 2. The molecule has 4 fully saturated rings. The minimum Gasteiger partial charge on any atom is -0.354 e. The summed E-state index contributed by atoms with van der Waals surface area (Å²) in [6.07, 6.45) is 12.4. The molecule has 2 aliphatic carbocycles. The van der Waals surface area contributed by atoms with E-state index in [1.54, 1.807) is 12.7 Å². The smallest absolute Gasteiger partial charge is 0.254 e. The predicted molar refractivity (Wildman–Crippen MR) is 210 cm³/mol. The van der Waals surface area contributed by atoms with Crippen LogP contribution in [0.25, 0.3) is 22.1 Å². The molecule has 54 heavy (non-hydrogen) atoms. The van der Waals surface area contributed by atoms with Crippen molar-refractivity contribution in [1.82, 2.24) is 39.7 Å². The lowest BCUT2D eigenvalue weighted by molar-refractivity contribution is 0.0668. The van der Waals surface area contributed by atoms with E-state index in [2.05, 4.69) is 44.6 Å². The van der Waals surface area contributed by atoms with Crippen molar-refractivity contribution in [2.24, 2.45) is 5.41 Å². The van der Waals surface area contributed by atoms with Crippen LogP contribution in [0.1, 0.15) is 63.9 Å². The first-order chi connectivity index (χ1) is 26.3. The number of anilines is 2. The van der Waals surface area contributed by atoms with Gasteiger partial charge in [0.15, 0.2) is 0 Å². The quantitative estimate of drug-likeness (QED) is 0.221. The van der Waals surface area contributed by atoms with E-state index in [9.17, 15) is 9.59 Å². The molecule has 2 amide bonds. The second kappa shape index (κ2) is 13.6. The van der Waals surface area contributed by atoms with E-state index < -0.39 is 0 Å². The van der Waals surface area contributed by atoms with Gasteiger partial charge >= 0.3 is 0 Å². The Morgan fingerprint density at radius 3 is 1.76 bits per heavy atom. The second-order valence-electron chi connectivity index (χ2n) is 15.6. The Kier molecular flexibility index (Phi) is 8.55. The van der Waals surface area contributed by atoms with Crippen molar-refractivity contribution in [3.8, 4) is 0 Å². The summed E-state index contributed by atoms with van der Waals surface area (Å²) in [6.45, 7) is 9.83. The van der Waals surface area contributed by atoms with Crippen molar-refractivity contribution in [1.29, 1.82) is 0 Å². The number of fused-ring (bicyclic) bond motifs is 2. The fourth-order valence-corrected chi connectivity index (χ4v) is 8.52. The molecule has 2 saturated heterocycles. The van der Waals surface area contributed by atoms with Gasteiger partial charge in [0.2, 0.25) is 0 Å². The van der Waals surface area contributed by atoms with Crippen molar-refractivity contribution in [3.63, 3.8) is 0 Å². The maximum Gasteiger partial charge on any atom is 0.254 e. The molecular weight excluding hydrogens is 677 g/mol. The topological polar surface area (TPSA) is 130 Å². The molecule has 12 heteroatoms. The first-order valence-corrected chi connectivity index (χ1v) is 19.1. The number of carbonyl (C=O) groups is 2. The summed E-state index contributed by atoms with van der Waals surface area (Å²) in [7, 11) is 0. The van der Waals surface area contributed by atoms with Crippen LogP contribution in [0.5, 0.6) is 0 Å². The van der Waals surface area contributed by atoms with Crippen LogP contribution in [0, 0.1) is 19.3 Å². The van der Waals surface area contributed by atoms with Crippen LogP contribution in [0.2, 0.25) is 0 Å². The number of rotatable bonds is 4. The van der Waals surface area contributed by atoms with Crippen LogP contribution in [0.15, 0.2) is 85.7 Å². The van der Waals surface area contributed by atoms with Crippen molar-refractivity contribution in [2.75, 3.05) is 55.6 Å². The maximum absolute atomic E-state index is 13.3. The van der Waals surface area contributed by atoms with Gasteiger partial charge in [-0.1, -0.05) is 36.4 Å². The maximum atomic E-state index is 13.3. The fourth-order valence-electron chi connectivity index (χ4n) is 8.52. The highest BCUT2D eigenvalue weighted by atomic mass is 16.2. The minimum atomic E-state index is -0.0660. The van der Waals surface area contributed by atoms with E-state index in [-0.39, 0.29) is 22.8 Å². The molecule has 2 N–H and O–H groups in total. The molecule has 4 aromatic heterocycles. The summed E-state index contributed by atoms with van der Waals surface area (Å²) in [5, 5.41) is 2.10. The molecule has 2 saturated carbocycles. The number of hydrogen-bond donors (Lipinski definition) is 2. The first kappa shape index (κ1) is 34.0. The van der Waals surface area contributed by atoms with Gasteiger partial charge in [-0.05, 0) is 81.3 Å². The summed E-state index contributed by atoms with van der Waals surface area (Å²) in [6, 6.07) is 19.8. The molecule has 2 aliphatic heterocycles. The highest BCUT2D eigenvalue weighted by molar-refractivity contribution is 5.97. The number of aryl methyl sites for hydroxylation is 2. The van der Waals surface area contributed by atoms with E-state index in [1.165, 1.54) is 12.8 Å². The average molecular weight is 723 g/mol. The minimum absolute atomic E-state index is 0.0660. The van der Waals surface area contributed by atoms with Crippen molar-refractivity contribution in [3.05, 3.63) is 108 Å². The molecule has 12 nitrogen and oxygen atoms in total. The highest BCUT2D eigenvalue weighted by Gasteiger charge is 2.52. The molecule has 0 unspecified atom stereocenters. The van der Waals surface area contributed by atoms with Crippen molar-refractivity contribution in [2.45, 2.75) is 51.5 Å². The number of aromatic nitrogens is 6. The Morgan fingerprint density at radius 1 is 0.611 bits per heavy atom. The third-order valence-corrected chi connectivity index (χ3v) is 11.9. The van der Waals surface area contributed by atoms with Gasteiger partial charge < -0.3 is 29.6 Å². The summed E-state index contributed by atoms with van der Waals surface area (Å²) in [4.78, 5) is 59.4. The van der Waals surface area contributed by atoms with Gasteiger partial charge in [-0.15, -0.1) is 0 Å². The predicted octanol–water partition coefficient (Wildman–Crippen LogP) is 6.16. The molecule has 6 aromatic rings. The Labute approximate surface area is 314 Å². The van der Waals surface area contributed by atoms with Crippen LogP contribution in [-0.2, 0) is 0 Å². The van der Waals surface area contributed by atoms with Gasteiger partial charge in [0, 0.05) is 74.7 Å². The Balaban J connectivity index is 0.000000142. The number of hydrogen-bond acceptors (Lipinski definition) is 8. The molecule has 2 spiro atoms. The molecule has 6 heterocycles. The number of H-pyrrole nitrogens is 2. The SMILES string of the molecule is Cc1ccccc1C(=O)N1CCCN(c2ncnc3[nH]ccc23)CC12CC2.Cc1ccccc1C(=O)N1CCN(c2ncnc3[nH]ccc23)CC2(CC2)C1. The van der Waals surface area contributed by atoms with E-state index >= 15 is 0 Å². The lowest BCUT2D eigenvalue weighted by Crippen LogP contribution is -2.47. The lowest BCUT2D eigenvalue weighted by atomic mass is 10.0. The van der Waals surface area contributed by atoms with Gasteiger partial charge in [0.05, 0.1) is 16.3 Å². The average Bonchev–Trinajstić information content (AvgIpc) is 4.06. The molecule has 0 radical (unpaired) electrons. The molecule has 10 rings (SSSR count). The van der Waals surface area contributed by atoms with Crippen molar-refractivity contribution < 1.29 is 9.59 Å². The van der Waals surface area contributed by atoms with E-state index in [0.717, 1.165) is 114 Å². The molecule has 2 aromatic carbocycles. The van der Waals surface area contributed by atoms with Crippen LogP contribution >= 0.6 is 0 Å². The van der Waals surface area contributed by atoms with Crippen LogP contribution in [0.3, 0.4) is 0 Å². The third kappa shape index (κ3) is 6.33. The number of amides is 2. The largest absolute Gasteiger partial charge is 0.354 e. The van der Waals surface area contributed by atoms with Gasteiger partial charge in [-0.25, -0.2) is 19.9 Å². The lowest BCUT2D eigenvalue weighted by Gasteiger charge is -2.33. The monoisotopic (exact) mass is 722 g/mol. The molecular formula is C42H46N10O2.